The van der Waals surface area contributed by atoms with Crippen molar-refractivity contribution < 1.29 is 18.8 Å². The average Bonchev–Trinajstić information content (AvgIpc) is 3.51. The Morgan fingerprint density at radius 2 is 1.97 bits per heavy atom. The van der Waals surface area contributed by atoms with Gasteiger partial charge >= 0.3 is 6.03 Å². The van der Waals surface area contributed by atoms with Crippen molar-refractivity contribution in [1.29, 1.82) is 0 Å². The van der Waals surface area contributed by atoms with E-state index >= 15 is 0 Å². The fourth-order valence-electron chi connectivity index (χ4n) is 3.66. The van der Waals surface area contributed by atoms with Crippen molar-refractivity contribution in [3.8, 4) is 17.1 Å². The summed E-state index contributed by atoms with van der Waals surface area (Å²) in [7, 11) is 1.62. The fourth-order valence-corrected chi connectivity index (χ4v) is 4.30. The number of methoxy groups -OCH3 is 1. The van der Waals surface area contributed by atoms with Crippen LogP contribution in [0.5, 0.6) is 5.75 Å². The lowest BCUT2D eigenvalue weighted by Crippen LogP contribution is -2.40. The van der Waals surface area contributed by atoms with Gasteiger partial charge in [0.25, 0.3) is 5.91 Å². The summed E-state index contributed by atoms with van der Waals surface area (Å²) in [6.07, 6.45) is 0. The van der Waals surface area contributed by atoms with Crippen LogP contribution in [0.25, 0.3) is 22.2 Å². The number of amides is 3. The first kappa shape index (κ1) is 19.3. The number of benzene rings is 2. The Labute approximate surface area is 181 Å². The molecule has 0 spiro atoms. The molecule has 0 bridgehead atoms. The second-order valence-corrected chi connectivity index (χ2v) is 8.18. The molecule has 2 aromatic carbocycles. The molecule has 1 N–H and O–H groups in total. The zero-order chi connectivity index (χ0) is 21.6. The van der Waals surface area contributed by atoms with Gasteiger partial charge in [0.15, 0.2) is 0 Å². The van der Waals surface area contributed by atoms with Crippen molar-refractivity contribution in [2.24, 2.45) is 0 Å². The molecule has 4 aromatic rings. The van der Waals surface area contributed by atoms with Gasteiger partial charge in [-0.2, -0.15) is 16.3 Å². The summed E-state index contributed by atoms with van der Waals surface area (Å²) in [5.74, 6) is 1.00. The Bertz CT molecular complexity index is 1300. The van der Waals surface area contributed by atoms with Gasteiger partial charge in [0, 0.05) is 10.9 Å². The van der Waals surface area contributed by atoms with Gasteiger partial charge in [-0.05, 0) is 52.9 Å². The maximum Gasteiger partial charge on any atom is 0.325 e. The van der Waals surface area contributed by atoms with Gasteiger partial charge in [-0.25, -0.2) is 4.79 Å². The third-order valence-electron chi connectivity index (χ3n) is 5.44. The predicted molar refractivity (Wildman–Crippen MR) is 115 cm³/mol. The summed E-state index contributed by atoms with van der Waals surface area (Å²) in [5.41, 5.74) is 0.326. The highest BCUT2D eigenvalue weighted by Crippen LogP contribution is 2.32. The smallest absolute Gasteiger partial charge is 0.325 e. The van der Waals surface area contributed by atoms with Gasteiger partial charge < -0.3 is 14.6 Å². The predicted octanol–water partition coefficient (Wildman–Crippen LogP) is 3.93. The minimum atomic E-state index is -1.19. The summed E-state index contributed by atoms with van der Waals surface area (Å²) in [5, 5.41) is 12.5. The number of hydrogen-bond acceptors (Lipinski definition) is 7. The number of thiophene rings is 1. The molecule has 8 nitrogen and oxygen atoms in total. The summed E-state index contributed by atoms with van der Waals surface area (Å²) in [4.78, 5) is 31.3. The standard InChI is InChI=1S/C22H18N4O4S/c1-22(16-5-3-14-10-17(29-2)6-4-13(14)9-16)20(27)26(21(28)24-22)11-18-23-19(25-30-18)15-7-8-31-12-15/h3-10,12H,11H2,1-2H3,(H,24,28). The highest BCUT2D eigenvalue weighted by Gasteiger charge is 2.49. The molecule has 31 heavy (non-hydrogen) atoms. The molecule has 1 atom stereocenters. The molecule has 0 radical (unpaired) electrons. The fraction of sp³-hybridized carbons (Fsp3) is 0.182. The molecule has 5 rings (SSSR count). The minimum absolute atomic E-state index is 0.0951. The number of nitrogens with zero attached hydrogens (tertiary/aromatic N) is 3. The van der Waals surface area contributed by atoms with Crippen LogP contribution in [0.2, 0.25) is 0 Å². The van der Waals surface area contributed by atoms with E-state index in [1.807, 2.05) is 53.2 Å². The van der Waals surface area contributed by atoms with E-state index in [1.165, 1.54) is 11.3 Å². The zero-order valence-corrected chi connectivity index (χ0v) is 17.6. The number of hydrogen-bond donors (Lipinski definition) is 1. The SMILES string of the molecule is COc1ccc2cc(C3(C)NC(=O)N(Cc4nc(-c5ccsc5)no4)C3=O)ccc2c1. The summed E-state index contributed by atoms with van der Waals surface area (Å²) < 4.78 is 10.5. The normalized spacial score (nSPS) is 18.6. The zero-order valence-electron chi connectivity index (χ0n) is 16.8. The molecule has 1 saturated heterocycles. The van der Waals surface area contributed by atoms with Gasteiger partial charge in [0.2, 0.25) is 11.7 Å². The van der Waals surface area contributed by atoms with Crippen LogP contribution in [0.1, 0.15) is 18.4 Å². The van der Waals surface area contributed by atoms with E-state index in [0.29, 0.717) is 11.4 Å². The van der Waals surface area contributed by atoms with Crippen molar-refractivity contribution in [2.75, 3.05) is 7.11 Å². The maximum absolute atomic E-state index is 13.2. The Morgan fingerprint density at radius 3 is 2.74 bits per heavy atom. The van der Waals surface area contributed by atoms with Gasteiger partial charge in [-0.3, -0.25) is 9.69 Å². The second kappa shape index (κ2) is 7.21. The number of carbonyl (C=O) groups excluding carboxylic acids is 2. The van der Waals surface area contributed by atoms with E-state index in [9.17, 15) is 9.59 Å². The first-order valence-electron chi connectivity index (χ1n) is 9.55. The van der Waals surface area contributed by atoms with E-state index in [-0.39, 0.29) is 18.3 Å². The molecular weight excluding hydrogens is 416 g/mol. The van der Waals surface area contributed by atoms with Gasteiger partial charge in [-0.1, -0.05) is 23.4 Å². The van der Waals surface area contributed by atoms with Crippen molar-refractivity contribution >= 4 is 34.0 Å². The number of ether oxygens (including phenoxy) is 1. The number of rotatable bonds is 5. The largest absolute Gasteiger partial charge is 0.497 e. The van der Waals surface area contributed by atoms with E-state index < -0.39 is 11.6 Å². The quantitative estimate of drug-likeness (QED) is 0.478. The summed E-state index contributed by atoms with van der Waals surface area (Å²) in [6, 6.07) is 12.7. The van der Waals surface area contributed by atoms with Crippen LogP contribution < -0.4 is 10.1 Å². The molecule has 1 aliphatic rings. The first-order chi connectivity index (χ1) is 15.0. The van der Waals surface area contributed by atoms with Crippen LogP contribution in [-0.4, -0.2) is 34.1 Å². The highest BCUT2D eigenvalue weighted by atomic mass is 32.1. The molecule has 3 amide bonds. The Kier molecular flexibility index (Phi) is 4.48. The third kappa shape index (κ3) is 3.23. The van der Waals surface area contributed by atoms with Crippen LogP contribution in [0, 0.1) is 0 Å². The van der Waals surface area contributed by atoms with Crippen molar-refractivity contribution in [3.63, 3.8) is 0 Å². The number of aromatic nitrogens is 2. The Hall–Kier alpha value is -3.72. The van der Waals surface area contributed by atoms with E-state index in [4.69, 9.17) is 9.26 Å². The maximum atomic E-state index is 13.2. The molecule has 1 fully saturated rings. The molecule has 0 saturated carbocycles. The molecule has 1 aliphatic heterocycles. The van der Waals surface area contributed by atoms with Crippen LogP contribution in [0.4, 0.5) is 4.79 Å². The van der Waals surface area contributed by atoms with Crippen molar-refractivity contribution in [1.82, 2.24) is 20.4 Å². The highest BCUT2D eigenvalue weighted by molar-refractivity contribution is 7.08. The Morgan fingerprint density at radius 1 is 1.16 bits per heavy atom. The Balaban J connectivity index is 1.42. The van der Waals surface area contributed by atoms with E-state index in [2.05, 4.69) is 15.5 Å². The van der Waals surface area contributed by atoms with Gasteiger partial charge in [-0.15, -0.1) is 0 Å². The second-order valence-electron chi connectivity index (χ2n) is 7.40. The van der Waals surface area contributed by atoms with Crippen molar-refractivity contribution in [2.45, 2.75) is 19.0 Å². The monoisotopic (exact) mass is 434 g/mol. The molecule has 2 aromatic heterocycles. The summed E-state index contributed by atoms with van der Waals surface area (Å²) >= 11 is 1.52. The molecule has 1 unspecified atom stereocenters. The average molecular weight is 434 g/mol. The number of nitrogens with one attached hydrogen (secondary N) is 1. The molecule has 0 aliphatic carbocycles. The minimum Gasteiger partial charge on any atom is -0.497 e. The molecule has 3 heterocycles. The number of urea groups is 1. The lowest BCUT2D eigenvalue weighted by Gasteiger charge is -2.22. The molecular formula is C22H18N4O4S. The number of fused-ring (bicyclic) bond motifs is 1. The number of imide groups is 1. The lowest BCUT2D eigenvalue weighted by atomic mass is 9.90. The lowest BCUT2D eigenvalue weighted by molar-refractivity contribution is -0.131. The van der Waals surface area contributed by atoms with Crippen molar-refractivity contribution in [3.05, 3.63) is 64.7 Å². The van der Waals surface area contributed by atoms with Crippen LogP contribution in [0.3, 0.4) is 0 Å². The first-order valence-corrected chi connectivity index (χ1v) is 10.5. The molecule has 156 valence electrons. The van der Waals surface area contributed by atoms with E-state index in [1.54, 1.807) is 14.0 Å². The van der Waals surface area contributed by atoms with Crippen LogP contribution >= 0.6 is 11.3 Å². The molecule has 9 heteroatoms. The number of carbonyl (C=O) groups is 2. The van der Waals surface area contributed by atoms with Gasteiger partial charge in [0.05, 0.1) is 7.11 Å². The topological polar surface area (TPSA) is 97.6 Å². The van der Waals surface area contributed by atoms with Crippen LogP contribution in [0.15, 0.2) is 57.7 Å². The van der Waals surface area contributed by atoms with E-state index in [0.717, 1.165) is 27.0 Å². The third-order valence-corrected chi connectivity index (χ3v) is 6.12. The van der Waals surface area contributed by atoms with Gasteiger partial charge in [0.1, 0.15) is 17.8 Å². The van der Waals surface area contributed by atoms with Crippen LogP contribution in [-0.2, 0) is 16.9 Å². The summed E-state index contributed by atoms with van der Waals surface area (Å²) in [6.45, 7) is 1.60.